The predicted molar refractivity (Wildman–Crippen MR) is 92.5 cm³/mol. The van der Waals surface area contributed by atoms with E-state index < -0.39 is 11.5 Å². The number of para-hydroxylation sites is 1. The number of amides is 1. The molecule has 0 saturated carbocycles. The Labute approximate surface area is 141 Å². The zero-order chi connectivity index (χ0) is 16.4. The second kappa shape index (κ2) is 6.38. The van der Waals surface area contributed by atoms with Crippen LogP contribution in [0.3, 0.4) is 0 Å². The number of rotatable bonds is 3. The van der Waals surface area contributed by atoms with Gasteiger partial charge in [0, 0.05) is 9.86 Å². The molecule has 5 heteroatoms. The Balaban J connectivity index is 1.90. The summed E-state index contributed by atoms with van der Waals surface area (Å²) in [6, 6.07) is 16.0. The lowest BCUT2D eigenvalue weighted by Crippen LogP contribution is -2.30. The van der Waals surface area contributed by atoms with Gasteiger partial charge in [0.15, 0.2) is 0 Å². The molecule has 0 aliphatic heterocycles. The summed E-state index contributed by atoms with van der Waals surface area (Å²) in [6.07, 6.45) is 0. The number of fused-ring (bicyclic) bond motifs is 1. The Morgan fingerprint density at radius 1 is 1.13 bits per heavy atom. The molecule has 0 fully saturated rings. The van der Waals surface area contributed by atoms with E-state index in [1.54, 1.807) is 24.3 Å². The molecule has 0 bridgehead atoms. The summed E-state index contributed by atoms with van der Waals surface area (Å²) in [5.74, 6) is -0.451. The molecule has 1 atom stereocenters. The average molecular weight is 372 g/mol. The fourth-order valence-corrected chi connectivity index (χ4v) is 3.03. The van der Waals surface area contributed by atoms with Gasteiger partial charge in [0.1, 0.15) is 11.1 Å². The fraction of sp³-hybridized carbons (Fsp3) is 0.111. The van der Waals surface area contributed by atoms with Crippen molar-refractivity contribution < 1.29 is 9.21 Å². The number of carbonyl (C=O) groups excluding carboxylic acids is 1. The van der Waals surface area contributed by atoms with Crippen LogP contribution in [0.15, 0.2) is 68.3 Å². The van der Waals surface area contributed by atoms with Gasteiger partial charge in [-0.15, -0.1) is 0 Å². The zero-order valence-electron chi connectivity index (χ0n) is 12.4. The number of halogens is 1. The lowest BCUT2D eigenvalue weighted by Gasteiger charge is -2.15. The number of hydrogen-bond acceptors (Lipinski definition) is 3. The summed E-state index contributed by atoms with van der Waals surface area (Å²) in [6.45, 7) is 1.86. The minimum Gasteiger partial charge on any atom is -0.422 e. The van der Waals surface area contributed by atoms with E-state index in [0.29, 0.717) is 11.0 Å². The van der Waals surface area contributed by atoms with Crippen molar-refractivity contribution in [3.8, 4) is 0 Å². The molecule has 1 heterocycles. The van der Waals surface area contributed by atoms with Crippen LogP contribution in [-0.4, -0.2) is 5.91 Å². The Morgan fingerprint density at radius 2 is 1.83 bits per heavy atom. The summed E-state index contributed by atoms with van der Waals surface area (Å²) < 4.78 is 6.10. The van der Waals surface area contributed by atoms with E-state index in [9.17, 15) is 9.59 Å². The van der Waals surface area contributed by atoms with Crippen LogP contribution in [0.4, 0.5) is 0 Å². The monoisotopic (exact) mass is 371 g/mol. The second-order valence-electron chi connectivity index (χ2n) is 5.20. The quantitative estimate of drug-likeness (QED) is 0.706. The lowest BCUT2D eigenvalue weighted by molar-refractivity contribution is 0.0936. The van der Waals surface area contributed by atoms with Crippen LogP contribution in [0.1, 0.15) is 28.9 Å². The molecule has 2 aromatic carbocycles. The molecule has 23 heavy (non-hydrogen) atoms. The van der Waals surface area contributed by atoms with Gasteiger partial charge in [0.25, 0.3) is 5.91 Å². The molecular formula is C18H14BrNO3. The first-order chi connectivity index (χ1) is 11.1. The van der Waals surface area contributed by atoms with Gasteiger partial charge >= 0.3 is 5.63 Å². The molecule has 1 aromatic heterocycles. The summed E-state index contributed by atoms with van der Waals surface area (Å²) >= 11 is 3.46. The maximum atomic E-state index is 12.4. The number of benzene rings is 2. The molecule has 0 unspecified atom stereocenters. The Bertz CT molecular complexity index is 933. The van der Waals surface area contributed by atoms with E-state index in [4.69, 9.17) is 4.42 Å². The van der Waals surface area contributed by atoms with Crippen LogP contribution >= 0.6 is 15.9 Å². The smallest absolute Gasteiger partial charge is 0.349 e. The molecule has 3 aromatic rings. The maximum Gasteiger partial charge on any atom is 0.349 e. The summed E-state index contributed by atoms with van der Waals surface area (Å²) in [5.41, 5.74) is 0.766. The highest BCUT2D eigenvalue weighted by Gasteiger charge is 2.17. The third-order valence-electron chi connectivity index (χ3n) is 3.61. The van der Waals surface area contributed by atoms with Crippen molar-refractivity contribution in [3.05, 3.63) is 80.6 Å². The minimum absolute atomic E-state index is 0.00241. The fourth-order valence-electron chi connectivity index (χ4n) is 2.40. The first-order valence-electron chi connectivity index (χ1n) is 7.14. The van der Waals surface area contributed by atoms with Gasteiger partial charge in [-0.1, -0.05) is 52.3 Å². The van der Waals surface area contributed by atoms with E-state index in [0.717, 1.165) is 10.0 Å². The second-order valence-corrected chi connectivity index (χ2v) is 6.06. The van der Waals surface area contributed by atoms with Crippen molar-refractivity contribution in [2.45, 2.75) is 13.0 Å². The van der Waals surface area contributed by atoms with Crippen LogP contribution in [-0.2, 0) is 0 Å². The molecule has 0 spiro atoms. The zero-order valence-corrected chi connectivity index (χ0v) is 14.0. The first kappa shape index (κ1) is 15.5. The SMILES string of the molecule is C[C@@H](NC(=O)c1cc2ccccc2oc1=O)c1ccccc1Br. The van der Waals surface area contributed by atoms with Gasteiger partial charge in [-0.25, -0.2) is 4.79 Å². The molecule has 0 aliphatic carbocycles. The molecule has 0 saturated heterocycles. The minimum atomic E-state index is -0.638. The first-order valence-corrected chi connectivity index (χ1v) is 7.94. The summed E-state index contributed by atoms with van der Waals surface area (Å²) in [5, 5.41) is 3.54. The lowest BCUT2D eigenvalue weighted by atomic mass is 10.1. The standard InChI is InChI=1S/C18H14BrNO3/c1-11(13-7-3-4-8-15(13)19)20-17(21)14-10-12-6-2-5-9-16(12)23-18(14)22/h2-11H,1H3,(H,20,21)/t11-/m1/s1. The van der Waals surface area contributed by atoms with Crippen molar-refractivity contribution >= 4 is 32.8 Å². The number of nitrogens with one attached hydrogen (secondary N) is 1. The van der Waals surface area contributed by atoms with Crippen LogP contribution in [0.2, 0.25) is 0 Å². The number of hydrogen-bond donors (Lipinski definition) is 1. The predicted octanol–water partition coefficient (Wildman–Crippen LogP) is 4.05. The summed E-state index contributed by atoms with van der Waals surface area (Å²) in [4.78, 5) is 24.4. The molecule has 116 valence electrons. The number of carbonyl (C=O) groups is 1. The van der Waals surface area contributed by atoms with Gasteiger partial charge in [0.2, 0.25) is 0 Å². The van der Waals surface area contributed by atoms with Gasteiger partial charge in [-0.05, 0) is 30.7 Å². The molecule has 0 radical (unpaired) electrons. The van der Waals surface area contributed by atoms with Gasteiger partial charge < -0.3 is 9.73 Å². The Morgan fingerprint density at radius 3 is 2.61 bits per heavy atom. The largest absolute Gasteiger partial charge is 0.422 e. The van der Waals surface area contributed by atoms with Crippen molar-refractivity contribution in [2.75, 3.05) is 0 Å². The third-order valence-corrected chi connectivity index (χ3v) is 4.33. The van der Waals surface area contributed by atoms with Gasteiger partial charge in [-0.2, -0.15) is 0 Å². The van der Waals surface area contributed by atoms with Crippen molar-refractivity contribution in [1.82, 2.24) is 5.32 Å². The van der Waals surface area contributed by atoms with Crippen molar-refractivity contribution in [3.63, 3.8) is 0 Å². The molecule has 1 N–H and O–H groups in total. The molecule has 1 amide bonds. The third kappa shape index (κ3) is 3.19. The van der Waals surface area contributed by atoms with E-state index in [-0.39, 0.29) is 11.6 Å². The van der Waals surface area contributed by atoms with Crippen molar-refractivity contribution in [1.29, 1.82) is 0 Å². The van der Waals surface area contributed by atoms with Gasteiger partial charge in [0.05, 0.1) is 6.04 Å². The van der Waals surface area contributed by atoms with Crippen LogP contribution < -0.4 is 10.9 Å². The Kier molecular flexibility index (Phi) is 4.30. The highest BCUT2D eigenvalue weighted by Crippen LogP contribution is 2.23. The normalized spacial score (nSPS) is 12.1. The average Bonchev–Trinajstić information content (AvgIpc) is 2.54. The molecule has 0 aliphatic rings. The van der Waals surface area contributed by atoms with Crippen LogP contribution in [0.25, 0.3) is 11.0 Å². The van der Waals surface area contributed by atoms with E-state index in [1.165, 1.54) is 0 Å². The highest BCUT2D eigenvalue weighted by atomic mass is 79.9. The molecule has 3 rings (SSSR count). The summed E-state index contributed by atoms with van der Waals surface area (Å²) in [7, 11) is 0. The highest BCUT2D eigenvalue weighted by molar-refractivity contribution is 9.10. The van der Waals surface area contributed by atoms with E-state index in [1.807, 2.05) is 37.3 Å². The van der Waals surface area contributed by atoms with Gasteiger partial charge in [-0.3, -0.25) is 4.79 Å². The van der Waals surface area contributed by atoms with Crippen LogP contribution in [0.5, 0.6) is 0 Å². The van der Waals surface area contributed by atoms with Crippen molar-refractivity contribution in [2.24, 2.45) is 0 Å². The van der Waals surface area contributed by atoms with E-state index in [2.05, 4.69) is 21.2 Å². The molecular weight excluding hydrogens is 358 g/mol. The van der Waals surface area contributed by atoms with Crippen LogP contribution in [0, 0.1) is 0 Å². The van der Waals surface area contributed by atoms with E-state index >= 15 is 0 Å². The topological polar surface area (TPSA) is 59.3 Å². The maximum absolute atomic E-state index is 12.4. The molecule has 4 nitrogen and oxygen atoms in total. The Hall–Kier alpha value is -2.40.